The van der Waals surface area contributed by atoms with E-state index in [0.29, 0.717) is 5.56 Å². The highest BCUT2D eigenvalue weighted by molar-refractivity contribution is 5.44. The summed E-state index contributed by atoms with van der Waals surface area (Å²) in [6, 6.07) is 3.60. The zero-order valence-electron chi connectivity index (χ0n) is 8.03. The first kappa shape index (κ1) is 9.49. The number of aliphatic hydroxyl groups is 1. The standard InChI is InChI=1S/C11H15NO2/c12-10-3-1-2-7-4-8(6-13)11(14)5-9(7)10/h4-5,10,13-14H,1-3,6,12H2/t10-/m0/s1. The van der Waals surface area contributed by atoms with Crippen LogP contribution in [0.4, 0.5) is 0 Å². The number of aromatic hydroxyl groups is 1. The van der Waals surface area contributed by atoms with Crippen molar-refractivity contribution in [3.8, 4) is 5.75 Å². The molecule has 0 amide bonds. The van der Waals surface area contributed by atoms with Gasteiger partial charge in [-0.15, -0.1) is 0 Å². The highest BCUT2D eigenvalue weighted by atomic mass is 16.3. The molecule has 1 aliphatic rings. The fraction of sp³-hybridized carbons (Fsp3) is 0.455. The Morgan fingerprint density at radius 1 is 1.43 bits per heavy atom. The molecule has 0 heterocycles. The van der Waals surface area contributed by atoms with Crippen molar-refractivity contribution in [2.45, 2.75) is 31.9 Å². The molecular weight excluding hydrogens is 178 g/mol. The van der Waals surface area contributed by atoms with Gasteiger partial charge in [-0.05, 0) is 42.5 Å². The van der Waals surface area contributed by atoms with E-state index in [9.17, 15) is 5.11 Å². The highest BCUT2D eigenvalue weighted by Crippen LogP contribution is 2.32. The fourth-order valence-electron chi connectivity index (χ4n) is 2.06. The minimum atomic E-state index is -0.117. The Hall–Kier alpha value is -1.06. The van der Waals surface area contributed by atoms with Crippen LogP contribution in [-0.4, -0.2) is 10.2 Å². The fourth-order valence-corrected chi connectivity index (χ4v) is 2.06. The molecule has 0 fully saturated rings. The number of hydrogen-bond acceptors (Lipinski definition) is 3. The summed E-state index contributed by atoms with van der Waals surface area (Å²) in [4.78, 5) is 0. The minimum absolute atomic E-state index is 0.0393. The van der Waals surface area contributed by atoms with Crippen molar-refractivity contribution in [1.29, 1.82) is 0 Å². The molecule has 1 aliphatic carbocycles. The van der Waals surface area contributed by atoms with Crippen LogP contribution < -0.4 is 5.73 Å². The molecule has 3 heteroatoms. The SMILES string of the molecule is N[C@H]1CCCc2cc(CO)c(O)cc21. The van der Waals surface area contributed by atoms with Crippen LogP contribution in [0.25, 0.3) is 0 Å². The van der Waals surface area contributed by atoms with Gasteiger partial charge in [-0.25, -0.2) is 0 Å². The Balaban J connectivity index is 2.48. The van der Waals surface area contributed by atoms with E-state index in [1.165, 1.54) is 5.56 Å². The molecular formula is C11H15NO2. The van der Waals surface area contributed by atoms with E-state index in [1.807, 2.05) is 6.07 Å². The number of aliphatic hydroxyl groups excluding tert-OH is 1. The van der Waals surface area contributed by atoms with Crippen molar-refractivity contribution in [2.24, 2.45) is 5.73 Å². The number of rotatable bonds is 1. The predicted octanol–water partition coefficient (Wildman–Crippen LogP) is 1.22. The molecule has 1 aromatic rings. The van der Waals surface area contributed by atoms with Crippen LogP contribution in [0.3, 0.4) is 0 Å². The molecule has 1 aromatic carbocycles. The minimum Gasteiger partial charge on any atom is -0.508 e. The van der Waals surface area contributed by atoms with Crippen LogP contribution in [0.5, 0.6) is 5.75 Å². The smallest absolute Gasteiger partial charge is 0.121 e. The molecule has 0 saturated heterocycles. The molecule has 0 spiro atoms. The average Bonchev–Trinajstić information content (AvgIpc) is 2.19. The Labute approximate surface area is 83.2 Å². The summed E-state index contributed by atoms with van der Waals surface area (Å²) in [5, 5.41) is 18.6. The molecule has 0 bridgehead atoms. The van der Waals surface area contributed by atoms with Gasteiger partial charge in [0.1, 0.15) is 5.75 Å². The predicted molar refractivity (Wildman–Crippen MR) is 53.9 cm³/mol. The molecule has 3 nitrogen and oxygen atoms in total. The van der Waals surface area contributed by atoms with Crippen molar-refractivity contribution >= 4 is 0 Å². The monoisotopic (exact) mass is 193 g/mol. The molecule has 0 radical (unpaired) electrons. The number of nitrogens with two attached hydrogens (primary N) is 1. The summed E-state index contributed by atoms with van der Waals surface area (Å²) in [5.74, 6) is 0.156. The highest BCUT2D eigenvalue weighted by Gasteiger charge is 2.18. The molecule has 0 unspecified atom stereocenters. The molecule has 0 aromatic heterocycles. The number of fused-ring (bicyclic) bond motifs is 1. The third kappa shape index (κ3) is 1.49. The van der Waals surface area contributed by atoms with E-state index in [4.69, 9.17) is 10.8 Å². The van der Waals surface area contributed by atoms with Gasteiger partial charge < -0.3 is 15.9 Å². The van der Waals surface area contributed by atoms with Gasteiger partial charge in [-0.2, -0.15) is 0 Å². The van der Waals surface area contributed by atoms with Crippen LogP contribution in [0.2, 0.25) is 0 Å². The second kappa shape index (κ2) is 3.59. The lowest BCUT2D eigenvalue weighted by atomic mass is 9.87. The summed E-state index contributed by atoms with van der Waals surface area (Å²) in [7, 11) is 0. The van der Waals surface area contributed by atoms with Crippen molar-refractivity contribution in [3.63, 3.8) is 0 Å². The van der Waals surface area contributed by atoms with E-state index in [-0.39, 0.29) is 18.4 Å². The molecule has 0 saturated carbocycles. The van der Waals surface area contributed by atoms with E-state index in [0.717, 1.165) is 24.8 Å². The number of hydrogen-bond donors (Lipinski definition) is 3. The second-order valence-electron chi connectivity index (χ2n) is 3.84. The summed E-state index contributed by atoms with van der Waals surface area (Å²) >= 11 is 0. The third-order valence-corrected chi connectivity index (χ3v) is 2.87. The molecule has 1 atom stereocenters. The lowest BCUT2D eigenvalue weighted by molar-refractivity contribution is 0.275. The largest absolute Gasteiger partial charge is 0.508 e. The van der Waals surface area contributed by atoms with E-state index in [1.54, 1.807) is 6.07 Å². The average molecular weight is 193 g/mol. The zero-order chi connectivity index (χ0) is 10.1. The van der Waals surface area contributed by atoms with E-state index in [2.05, 4.69) is 0 Å². The lowest BCUT2D eigenvalue weighted by Crippen LogP contribution is -2.17. The summed E-state index contributed by atoms with van der Waals surface area (Å²) in [5.41, 5.74) is 8.73. The van der Waals surface area contributed by atoms with E-state index >= 15 is 0 Å². The summed E-state index contributed by atoms with van der Waals surface area (Å²) in [6.07, 6.45) is 3.06. The van der Waals surface area contributed by atoms with Gasteiger partial charge in [0.2, 0.25) is 0 Å². The third-order valence-electron chi connectivity index (χ3n) is 2.87. The summed E-state index contributed by atoms with van der Waals surface area (Å²) in [6.45, 7) is -0.117. The molecule has 14 heavy (non-hydrogen) atoms. The maximum Gasteiger partial charge on any atom is 0.121 e. The van der Waals surface area contributed by atoms with Crippen LogP contribution in [0, 0.1) is 0 Å². The lowest BCUT2D eigenvalue weighted by Gasteiger charge is -2.23. The van der Waals surface area contributed by atoms with Gasteiger partial charge in [-0.3, -0.25) is 0 Å². The molecule has 76 valence electrons. The topological polar surface area (TPSA) is 66.5 Å². The maximum absolute atomic E-state index is 9.57. The van der Waals surface area contributed by atoms with Crippen LogP contribution >= 0.6 is 0 Å². The number of aryl methyl sites for hydroxylation is 1. The van der Waals surface area contributed by atoms with Crippen LogP contribution in [0.1, 0.15) is 35.6 Å². The maximum atomic E-state index is 9.57. The van der Waals surface area contributed by atoms with Crippen molar-refractivity contribution in [3.05, 3.63) is 28.8 Å². The molecule has 2 rings (SSSR count). The zero-order valence-corrected chi connectivity index (χ0v) is 8.03. The second-order valence-corrected chi connectivity index (χ2v) is 3.84. The van der Waals surface area contributed by atoms with Crippen molar-refractivity contribution in [2.75, 3.05) is 0 Å². The molecule has 0 aliphatic heterocycles. The van der Waals surface area contributed by atoms with Gasteiger partial charge in [0.15, 0.2) is 0 Å². The summed E-state index contributed by atoms with van der Waals surface area (Å²) < 4.78 is 0. The quantitative estimate of drug-likeness (QED) is 0.628. The van der Waals surface area contributed by atoms with Crippen molar-refractivity contribution < 1.29 is 10.2 Å². The number of phenols is 1. The van der Waals surface area contributed by atoms with Crippen LogP contribution in [-0.2, 0) is 13.0 Å². The van der Waals surface area contributed by atoms with Crippen molar-refractivity contribution in [1.82, 2.24) is 0 Å². The first-order valence-electron chi connectivity index (χ1n) is 4.93. The Morgan fingerprint density at radius 3 is 2.93 bits per heavy atom. The molecule has 4 N–H and O–H groups in total. The Morgan fingerprint density at radius 2 is 2.21 bits per heavy atom. The van der Waals surface area contributed by atoms with Gasteiger partial charge in [0.25, 0.3) is 0 Å². The Bertz CT molecular complexity index is 349. The number of benzene rings is 1. The van der Waals surface area contributed by atoms with E-state index < -0.39 is 0 Å². The normalized spacial score (nSPS) is 20.6. The van der Waals surface area contributed by atoms with Gasteiger partial charge in [0, 0.05) is 11.6 Å². The first-order chi connectivity index (χ1) is 6.72. The van der Waals surface area contributed by atoms with Gasteiger partial charge >= 0.3 is 0 Å². The van der Waals surface area contributed by atoms with Gasteiger partial charge in [0.05, 0.1) is 6.61 Å². The first-order valence-corrected chi connectivity index (χ1v) is 4.93. The Kier molecular flexibility index (Phi) is 2.44. The van der Waals surface area contributed by atoms with Gasteiger partial charge in [-0.1, -0.05) is 0 Å². The van der Waals surface area contributed by atoms with Crippen LogP contribution in [0.15, 0.2) is 12.1 Å².